The van der Waals surface area contributed by atoms with Crippen molar-refractivity contribution in [1.82, 2.24) is 10.6 Å². The summed E-state index contributed by atoms with van der Waals surface area (Å²) in [5.74, 6) is 3.08. The van der Waals surface area contributed by atoms with Gasteiger partial charge in [0.05, 0.1) is 6.61 Å². The summed E-state index contributed by atoms with van der Waals surface area (Å²) in [5, 5.41) is 6.66. The third-order valence-electron chi connectivity index (χ3n) is 6.25. The van der Waals surface area contributed by atoms with Crippen molar-refractivity contribution < 1.29 is 9.53 Å². The van der Waals surface area contributed by atoms with E-state index in [2.05, 4.69) is 10.6 Å². The topological polar surface area (TPSA) is 50.4 Å². The van der Waals surface area contributed by atoms with E-state index in [1.165, 1.54) is 51.4 Å². The predicted molar refractivity (Wildman–Crippen MR) is 81.0 cm³/mol. The highest BCUT2D eigenvalue weighted by molar-refractivity contribution is 5.68. The predicted octanol–water partition coefficient (Wildman–Crippen LogP) is 2.68. The Balaban J connectivity index is 1.30. The van der Waals surface area contributed by atoms with E-state index in [0.717, 1.165) is 30.8 Å². The van der Waals surface area contributed by atoms with Gasteiger partial charge in [0.2, 0.25) is 0 Å². The van der Waals surface area contributed by atoms with Crippen LogP contribution in [0.15, 0.2) is 0 Å². The summed E-state index contributed by atoms with van der Waals surface area (Å²) in [5.41, 5.74) is 0.0800. The van der Waals surface area contributed by atoms with Crippen LogP contribution in [-0.4, -0.2) is 31.3 Å². The van der Waals surface area contributed by atoms with Crippen LogP contribution in [0.4, 0.5) is 4.79 Å². The molecule has 1 aliphatic heterocycles. The molecule has 4 aliphatic carbocycles. The fourth-order valence-electron chi connectivity index (χ4n) is 5.78. The average Bonchev–Trinajstić information content (AvgIpc) is 2.44. The number of amides is 1. The zero-order valence-electron chi connectivity index (χ0n) is 12.9. The van der Waals surface area contributed by atoms with Gasteiger partial charge in [-0.1, -0.05) is 0 Å². The van der Waals surface area contributed by atoms with Gasteiger partial charge in [0.15, 0.2) is 0 Å². The Morgan fingerprint density at radius 1 is 1.14 bits per heavy atom. The highest BCUT2D eigenvalue weighted by atomic mass is 16.5. The van der Waals surface area contributed by atoms with E-state index >= 15 is 0 Å². The summed E-state index contributed by atoms with van der Waals surface area (Å²) < 4.78 is 5.53. The summed E-state index contributed by atoms with van der Waals surface area (Å²) in [6, 6.07) is 0. The maximum absolute atomic E-state index is 12.2. The lowest BCUT2D eigenvalue weighted by Gasteiger charge is -2.56. The number of ether oxygens (including phenoxy) is 1. The molecular weight excluding hydrogens is 264 g/mol. The lowest BCUT2D eigenvalue weighted by molar-refractivity contribution is -0.0200. The first-order chi connectivity index (χ1) is 10.2. The van der Waals surface area contributed by atoms with Gasteiger partial charge in [-0.25, -0.2) is 4.79 Å². The van der Waals surface area contributed by atoms with E-state index in [0.29, 0.717) is 12.5 Å². The lowest BCUT2D eigenvalue weighted by atomic mass is 9.53. The monoisotopic (exact) mass is 292 g/mol. The fourth-order valence-corrected chi connectivity index (χ4v) is 5.78. The Kier molecular flexibility index (Phi) is 3.60. The van der Waals surface area contributed by atoms with Crippen molar-refractivity contribution in [3.63, 3.8) is 0 Å². The number of rotatable bonds is 3. The number of nitrogens with one attached hydrogen (secondary N) is 2. The summed E-state index contributed by atoms with van der Waals surface area (Å²) >= 11 is 0. The number of carbonyl (C=O) groups excluding carboxylic acids is 1. The molecule has 0 aromatic heterocycles. The van der Waals surface area contributed by atoms with Gasteiger partial charge < -0.3 is 15.4 Å². The molecular formula is C17H28N2O2. The molecule has 1 atom stereocenters. The van der Waals surface area contributed by atoms with Crippen LogP contribution in [0.1, 0.15) is 51.4 Å². The third kappa shape index (κ3) is 2.92. The summed E-state index contributed by atoms with van der Waals surface area (Å²) in [6.45, 7) is 2.67. The molecule has 118 valence electrons. The molecule has 4 heteroatoms. The molecule has 0 aromatic carbocycles. The Bertz CT molecular complexity index is 368. The number of carbonyl (C=O) groups is 1. The number of hydrogen-bond donors (Lipinski definition) is 2. The Labute approximate surface area is 127 Å². The molecule has 4 bridgehead atoms. The number of piperidine rings is 1. The zero-order chi connectivity index (χ0) is 14.3. The van der Waals surface area contributed by atoms with Crippen LogP contribution >= 0.6 is 0 Å². The van der Waals surface area contributed by atoms with Crippen LogP contribution in [0.25, 0.3) is 0 Å². The minimum Gasteiger partial charge on any atom is -0.449 e. The second-order valence-electron chi connectivity index (χ2n) is 8.13. The summed E-state index contributed by atoms with van der Waals surface area (Å²) in [6.07, 6.45) is 10.0. The van der Waals surface area contributed by atoms with Crippen LogP contribution in [-0.2, 0) is 4.74 Å². The van der Waals surface area contributed by atoms with Crippen LogP contribution in [0.2, 0.25) is 0 Å². The molecule has 0 radical (unpaired) electrons. The molecule has 5 rings (SSSR count). The van der Waals surface area contributed by atoms with E-state index in [1.807, 2.05) is 0 Å². The average molecular weight is 292 g/mol. The largest absolute Gasteiger partial charge is 0.449 e. The van der Waals surface area contributed by atoms with E-state index in [4.69, 9.17) is 4.74 Å². The second-order valence-corrected chi connectivity index (χ2v) is 8.13. The van der Waals surface area contributed by atoms with Gasteiger partial charge in [-0.2, -0.15) is 0 Å². The molecule has 1 heterocycles. The molecule has 5 fully saturated rings. The first-order valence-corrected chi connectivity index (χ1v) is 8.86. The molecule has 4 nitrogen and oxygen atoms in total. The van der Waals surface area contributed by atoms with Gasteiger partial charge >= 0.3 is 6.09 Å². The quantitative estimate of drug-likeness (QED) is 0.841. The molecule has 4 saturated carbocycles. The van der Waals surface area contributed by atoms with Crippen LogP contribution in [0, 0.1) is 23.7 Å². The Morgan fingerprint density at radius 3 is 2.38 bits per heavy atom. The molecule has 2 N–H and O–H groups in total. The fraction of sp³-hybridized carbons (Fsp3) is 0.941. The van der Waals surface area contributed by atoms with E-state index in [-0.39, 0.29) is 11.6 Å². The molecule has 5 aliphatic rings. The van der Waals surface area contributed by atoms with Crippen molar-refractivity contribution in [1.29, 1.82) is 0 Å². The van der Waals surface area contributed by atoms with Crippen LogP contribution in [0.3, 0.4) is 0 Å². The van der Waals surface area contributed by atoms with Gasteiger partial charge in [-0.05, 0) is 75.7 Å². The molecule has 1 saturated heterocycles. The van der Waals surface area contributed by atoms with Crippen molar-refractivity contribution in [2.45, 2.75) is 56.9 Å². The molecule has 1 amide bonds. The number of alkyl carbamates (subject to hydrolysis) is 1. The third-order valence-corrected chi connectivity index (χ3v) is 6.25. The highest BCUT2D eigenvalue weighted by Gasteiger charge is 2.51. The van der Waals surface area contributed by atoms with Gasteiger partial charge in [0.1, 0.15) is 0 Å². The summed E-state index contributed by atoms with van der Waals surface area (Å²) in [4.78, 5) is 12.2. The first-order valence-electron chi connectivity index (χ1n) is 8.86. The number of hydrogen-bond acceptors (Lipinski definition) is 3. The van der Waals surface area contributed by atoms with E-state index in [1.54, 1.807) is 0 Å². The second kappa shape index (κ2) is 5.45. The van der Waals surface area contributed by atoms with Crippen molar-refractivity contribution >= 4 is 6.09 Å². The van der Waals surface area contributed by atoms with Gasteiger partial charge in [-0.15, -0.1) is 0 Å². The van der Waals surface area contributed by atoms with Crippen molar-refractivity contribution in [2.75, 3.05) is 19.7 Å². The first kappa shape index (κ1) is 13.9. The Morgan fingerprint density at radius 2 is 1.81 bits per heavy atom. The SMILES string of the molecule is O=C(NC12CC3CC(CC(C3)C1)C2)OCC1CCCNC1. The zero-order valence-corrected chi connectivity index (χ0v) is 12.9. The molecule has 1 unspecified atom stereocenters. The highest BCUT2D eigenvalue weighted by Crippen LogP contribution is 2.55. The van der Waals surface area contributed by atoms with Gasteiger partial charge in [-0.3, -0.25) is 0 Å². The molecule has 21 heavy (non-hydrogen) atoms. The molecule has 0 spiro atoms. The van der Waals surface area contributed by atoms with Crippen LogP contribution in [0.5, 0.6) is 0 Å². The summed E-state index contributed by atoms with van der Waals surface area (Å²) in [7, 11) is 0. The molecule has 0 aromatic rings. The van der Waals surface area contributed by atoms with Gasteiger partial charge in [0, 0.05) is 18.0 Å². The van der Waals surface area contributed by atoms with Crippen molar-refractivity contribution in [3.05, 3.63) is 0 Å². The van der Waals surface area contributed by atoms with Crippen LogP contribution < -0.4 is 10.6 Å². The smallest absolute Gasteiger partial charge is 0.407 e. The minimum atomic E-state index is -0.164. The van der Waals surface area contributed by atoms with Crippen molar-refractivity contribution in [2.24, 2.45) is 23.7 Å². The standard InChI is InChI=1S/C17H28N2O2/c20-16(21-11-12-2-1-3-18-10-12)19-17-7-13-4-14(8-17)6-15(5-13)9-17/h12-15,18H,1-11H2,(H,19,20). The van der Waals surface area contributed by atoms with Crippen molar-refractivity contribution in [3.8, 4) is 0 Å². The minimum absolute atomic E-state index is 0.0800. The van der Waals surface area contributed by atoms with E-state index in [9.17, 15) is 4.79 Å². The maximum Gasteiger partial charge on any atom is 0.407 e. The van der Waals surface area contributed by atoms with E-state index < -0.39 is 0 Å². The maximum atomic E-state index is 12.2. The van der Waals surface area contributed by atoms with Gasteiger partial charge in [0.25, 0.3) is 0 Å². The lowest BCUT2D eigenvalue weighted by Crippen LogP contribution is -2.60. The normalized spacial score (nSPS) is 44.6. The Hall–Kier alpha value is -0.770.